The van der Waals surface area contributed by atoms with E-state index in [1.54, 1.807) is 11.5 Å². The first-order valence-corrected chi connectivity index (χ1v) is 10.7. The minimum Gasteiger partial charge on any atom is -0.478 e. The molecule has 0 saturated heterocycles. The van der Waals surface area contributed by atoms with E-state index in [1.807, 2.05) is 51.1 Å². The Morgan fingerprint density at radius 1 is 1.25 bits per heavy atom. The van der Waals surface area contributed by atoms with Gasteiger partial charge in [0.2, 0.25) is 0 Å². The fourth-order valence-electron chi connectivity index (χ4n) is 2.25. The summed E-state index contributed by atoms with van der Waals surface area (Å²) in [5.41, 5.74) is 6.91. The molecule has 2 rings (SSSR count). The van der Waals surface area contributed by atoms with E-state index in [1.165, 1.54) is 17.5 Å². The number of carboxylic acids is 1. The van der Waals surface area contributed by atoms with Crippen LogP contribution in [0.4, 0.5) is 5.69 Å². The minimum absolute atomic E-state index is 0.0691. The second kappa shape index (κ2) is 12.2. The van der Waals surface area contributed by atoms with E-state index in [0.717, 1.165) is 22.9 Å². The molecule has 0 fully saturated rings. The molecule has 0 unspecified atom stereocenters. The number of nitrogens with one attached hydrogen (secondary N) is 1. The van der Waals surface area contributed by atoms with Crippen LogP contribution in [0, 0.1) is 0 Å². The molecule has 1 aromatic carbocycles. The van der Waals surface area contributed by atoms with Crippen LogP contribution in [0.5, 0.6) is 0 Å². The van der Waals surface area contributed by atoms with E-state index < -0.39 is 11.9 Å². The van der Waals surface area contributed by atoms with Crippen molar-refractivity contribution in [1.82, 2.24) is 0 Å². The Kier molecular flexibility index (Phi) is 10.3. The van der Waals surface area contributed by atoms with E-state index in [9.17, 15) is 14.7 Å². The van der Waals surface area contributed by atoms with Gasteiger partial charge in [0.25, 0.3) is 5.91 Å². The highest BCUT2D eigenvalue weighted by atomic mass is 79.9. The highest BCUT2D eigenvalue weighted by Crippen LogP contribution is 2.36. The lowest BCUT2D eigenvalue weighted by Gasteiger charge is -2.07. The van der Waals surface area contributed by atoms with Crippen molar-refractivity contribution in [3.8, 4) is 10.4 Å². The van der Waals surface area contributed by atoms with Crippen LogP contribution in [0.2, 0.25) is 0 Å². The molecule has 4 N–H and O–H groups in total. The Morgan fingerprint density at radius 3 is 2.43 bits per heavy atom. The summed E-state index contributed by atoms with van der Waals surface area (Å²) in [5.74, 6) is -1.54. The van der Waals surface area contributed by atoms with Gasteiger partial charge in [-0.15, -0.1) is 11.3 Å². The van der Waals surface area contributed by atoms with Crippen molar-refractivity contribution in [2.24, 2.45) is 5.73 Å². The van der Waals surface area contributed by atoms with Crippen molar-refractivity contribution in [2.45, 2.75) is 33.6 Å². The summed E-state index contributed by atoms with van der Waals surface area (Å²) in [6, 6.07) is 7.33. The predicted molar refractivity (Wildman–Crippen MR) is 121 cm³/mol. The quantitative estimate of drug-likeness (QED) is 0.343. The summed E-state index contributed by atoms with van der Waals surface area (Å²) in [4.78, 5) is 24.7. The number of amides is 1. The van der Waals surface area contributed by atoms with E-state index in [-0.39, 0.29) is 16.8 Å². The molecule has 5 nitrogen and oxygen atoms in total. The molecule has 1 aromatic heterocycles. The molecule has 0 aliphatic rings. The van der Waals surface area contributed by atoms with Gasteiger partial charge in [0.05, 0.1) is 16.1 Å². The third-order valence-corrected chi connectivity index (χ3v) is 5.11. The van der Waals surface area contributed by atoms with Gasteiger partial charge < -0.3 is 16.2 Å². The smallest absolute Gasteiger partial charge is 0.339 e. The predicted octanol–water partition coefficient (Wildman–Crippen LogP) is 6.04. The third-order valence-electron chi connectivity index (χ3n) is 3.55. The molecule has 1 amide bonds. The van der Waals surface area contributed by atoms with Crippen molar-refractivity contribution < 1.29 is 14.7 Å². The maximum atomic E-state index is 12.4. The maximum Gasteiger partial charge on any atom is 0.339 e. The van der Waals surface area contributed by atoms with E-state index in [2.05, 4.69) is 21.2 Å². The number of halogens is 1. The monoisotopic (exact) mass is 464 g/mol. The van der Waals surface area contributed by atoms with Crippen LogP contribution in [0.15, 0.2) is 58.0 Å². The lowest BCUT2D eigenvalue weighted by Crippen LogP contribution is -2.16. The van der Waals surface area contributed by atoms with Crippen molar-refractivity contribution in [3.63, 3.8) is 0 Å². The number of anilines is 1. The van der Waals surface area contributed by atoms with Gasteiger partial charge in [0, 0.05) is 16.1 Å². The molecule has 0 aliphatic heterocycles. The van der Waals surface area contributed by atoms with E-state index in [0.29, 0.717) is 4.88 Å². The Morgan fingerprint density at radius 2 is 1.89 bits per heavy atom. The number of allylic oxidation sites excluding steroid dienone is 1. The first-order chi connectivity index (χ1) is 13.5. The zero-order chi connectivity index (χ0) is 21.1. The summed E-state index contributed by atoms with van der Waals surface area (Å²) >= 11 is 4.63. The van der Waals surface area contributed by atoms with Gasteiger partial charge in [-0.05, 0) is 24.1 Å². The molecule has 150 valence electrons. The Bertz CT molecular complexity index is 855. The van der Waals surface area contributed by atoms with Crippen LogP contribution in [0.1, 0.15) is 44.0 Å². The average Bonchev–Trinajstić information content (AvgIpc) is 3.11. The van der Waals surface area contributed by atoms with Crippen molar-refractivity contribution in [3.05, 3.63) is 63.6 Å². The van der Waals surface area contributed by atoms with Crippen molar-refractivity contribution >= 4 is 44.8 Å². The first kappa shape index (κ1) is 23.7. The summed E-state index contributed by atoms with van der Waals surface area (Å²) in [6.07, 6.45) is 6.50. The summed E-state index contributed by atoms with van der Waals surface area (Å²) in [6.45, 7) is 6.03. The number of hydrogen-bond acceptors (Lipinski definition) is 4. The average molecular weight is 465 g/mol. The molecule has 0 radical (unpaired) electrons. The second-order valence-electron chi connectivity index (χ2n) is 5.43. The topological polar surface area (TPSA) is 92.4 Å². The number of carboxylic acid groups (broad SMARTS) is 1. The zero-order valence-corrected chi connectivity index (χ0v) is 18.6. The molecule has 0 atom stereocenters. The molecule has 7 heteroatoms. The normalized spacial score (nSPS) is 11.1. The van der Waals surface area contributed by atoms with Gasteiger partial charge in [-0.25, -0.2) is 4.79 Å². The number of aromatic carboxylic acids is 1. The summed E-state index contributed by atoms with van der Waals surface area (Å²) < 4.78 is 0.903. The maximum absolute atomic E-state index is 12.4. The van der Waals surface area contributed by atoms with Crippen LogP contribution in [0.25, 0.3) is 10.4 Å². The molecule has 28 heavy (non-hydrogen) atoms. The lowest BCUT2D eigenvalue weighted by molar-refractivity contribution is -0.112. The SMILES string of the molecule is CC.CCC/C=C\C(=C/N)C(=O)Nc1csc(-c2ccc(Br)cc2)c1C(=O)O. The Balaban J connectivity index is 0.00000190. The highest BCUT2D eigenvalue weighted by molar-refractivity contribution is 9.10. The van der Waals surface area contributed by atoms with Gasteiger partial charge in [-0.2, -0.15) is 0 Å². The van der Waals surface area contributed by atoms with Gasteiger partial charge in [-0.1, -0.05) is 67.4 Å². The zero-order valence-electron chi connectivity index (χ0n) is 16.2. The van der Waals surface area contributed by atoms with Crippen LogP contribution >= 0.6 is 27.3 Å². The molecule has 0 spiro atoms. The number of carbonyl (C=O) groups excluding carboxylic acids is 1. The standard InChI is InChI=1S/C19H19BrN2O3S.C2H6/c1-2-3-4-5-13(10-21)18(23)22-15-11-26-17(16(15)19(24)25)12-6-8-14(20)9-7-12;1-2/h4-11H,2-3,21H2,1H3,(H,22,23)(H,24,25);1-2H3/b5-4-,13-10+;. The van der Waals surface area contributed by atoms with E-state index >= 15 is 0 Å². The van der Waals surface area contributed by atoms with Crippen LogP contribution in [0.3, 0.4) is 0 Å². The summed E-state index contributed by atoms with van der Waals surface area (Å²) in [5, 5.41) is 13.9. The van der Waals surface area contributed by atoms with Crippen LogP contribution in [-0.2, 0) is 4.79 Å². The second-order valence-corrected chi connectivity index (χ2v) is 7.23. The molecule has 0 bridgehead atoms. The molecule has 1 heterocycles. The molecule has 2 aromatic rings. The van der Waals surface area contributed by atoms with Crippen LogP contribution in [-0.4, -0.2) is 17.0 Å². The number of benzene rings is 1. The fraction of sp³-hybridized carbons (Fsp3) is 0.238. The number of thiophene rings is 1. The fourth-order valence-corrected chi connectivity index (χ4v) is 3.52. The van der Waals surface area contributed by atoms with Gasteiger partial charge in [0.1, 0.15) is 5.56 Å². The minimum atomic E-state index is -1.10. The highest BCUT2D eigenvalue weighted by Gasteiger charge is 2.21. The van der Waals surface area contributed by atoms with Crippen LogP contribution < -0.4 is 11.1 Å². The molecular formula is C21H25BrN2O3S. The number of unbranched alkanes of at least 4 members (excludes halogenated alkanes) is 1. The molecule has 0 aliphatic carbocycles. The van der Waals surface area contributed by atoms with E-state index in [4.69, 9.17) is 5.73 Å². The van der Waals surface area contributed by atoms with Gasteiger partial charge >= 0.3 is 5.97 Å². The Hall–Kier alpha value is -2.38. The number of rotatable bonds is 7. The van der Waals surface area contributed by atoms with Gasteiger partial charge in [-0.3, -0.25) is 4.79 Å². The van der Waals surface area contributed by atoms with Crippen molar-refractivity contribution in [1.29, 1.82) is 0 Å². The van der Waals surface area contributed by atoms with Crippen molar-refractivity contribution in [2.75, 3.05) is 5.32 Å². The third kappa shape index (κ3) is 6.35. The molecule has 0 saturated carbocycles. The largest absolute Gasteiger partial charge is 0.478 e. The number of carbonyl (C=O) groups is 2. The molecular weight excluding hydrogens is 440 g/mol. The number of nitrogens with two attached hydrogens (primary N) is 1. The summed E-state index contributed by atoms with van der Waals surface area (Å²) in [7, 11) is 0. The Labute approximate surface area is 178 Å². The number of hydrogen-bond donors (Lipinski definition) is 3. The first-order valence-electron chi connectivity index (χ1n) is 8.98. The van der Waals surface area contributed by atoms with Gasteiger partial charge in [0.15, 0.2) is 0 Å². The lowest BCUT2D eigenvalue weighted by atomic mass is 10.1.